The highest BCUT2D eigenvalue weighted by Gasteiger charge is 2.20. The molecule has 0 aliphatic carbocycles. The number of aryl methyl sites for hydroxylation is 1. The van der Waals surface area contributed by atoms with Gasteiger partial charge in [0.25, 0.3) is 0 Å². The fourth-order valence-corrected chi connectivity index (χ4v) is 3.53. The van der Waals surface area contributed by atoms with Crippen molar-refractivity contribution >= 4 is 27.7 Å². The van der Waals surface area contributed by atoms with Gasteiger partial charge in [-0.3, -0.25) is 4.79 Å². The van der Waals surface area contributed by atoms with E-state index in [1.165, 1.54) is 0 Å². The largest absolute Gasteiger partial charge is 0.482 e. The second-order valence-electron chi connectivity index (χ2n) is 8.33. The molecule has 0 radical (unpaired) electrons. The predicted molar refractivity (Wildman–Crippen MR) is 125 cm³/mol. The Morgan fingerprint density at radius 1 is 0.871 bits per heavy atom. The third-order valence-electron chi connectivity index (χ3n) is 4.79. The summed E-state index contributed by atoms with van der Waals surface area (Å²) in [5.74, 6) is 0.473. The number of halogens is 1. The molecule has 3 rings (SSSR count). The third kappa shape index (κ3) is 5.82. The van der Waals surface area contributed by atoms with Gasteiger partial charge in [-0.2, -0.15) is 0 Å². The number of ether oxygens (including phenoxy) is 2. The van der Waals surface area contributed by atoms with Gasteiger partial charge in [0.05, 0.1) is 0 Å². The number of carbonyl (C=O) groups is 2. The molecule has 0 amide bonds. The highest BCUT2D eigenvalue weighted by atomic mass is 79.9. The zero-order valence-corrected chi connectivity index (χ0v) is 19.7. The molecule has 0 atom stereocenters. The van der Waals surface area contributed by atoms with Crippen molar-refractivity contribution in [2.45, 2.75) is 33.1 Å². The quantitative estimate of drug-likeness (QED) is 0.237. The SMILES string of the molecule is Cc1cc(C(=O)c2ccccc2)ccc1OC(=O)COc1ccc(Br)cc1C(C)(C)C. The van der Waals surface area contributed by atoms with Crippen LogP contribution >= 0.6 is 15.9 Å². The van der Waals surface area contributed by atoms with E-state index in [4.69, 9.17) is 9.47 Å². The summed E-state index contributed by atoms with van der Waals surface area (Å²) in [4.78, 5) is 25.0. The van der Waals surface area contributed by atoms with Gasteiger partial charge >= 0.3 is 5.97 Å². The Labute approximate surface area is 191 Å². The zero-order chi connectivity index (χ0) is 22.6. The Bertz CT molecular complexity index is 1100. The molecular weight excluding hydrogens is 456 g/mol. The van der Waals surface area contributed by atoms with Gasteiger partial charge in [-0.1, -0.05) is 67.0 Å². The van der Waals surface area contributed by atoms with E-state index < -0.39 is 5.97 Å². The van der Waals surface area contributed by atoms with Crippen LogP contribution < -0.4 is 9.47 Å². The molecule has 0 N–H and O–H groups in total. The van der Waals surface area contributed by atoms with Crippen LogP contribution in [0.5, 0.6) is 11.5 Å². The molecule has 0 spiro atoms. The normalized spacial score (nSPS) is 11.1. The maximum absolute atomic E-state index is 12.6. The van der Waals surface area contributed by atoms with E-state index in [1.807, 2.05) is 36.4 Å². The second-order valence-corrected chi connectivity index (χ2v) is 9.24. The van der Waals surface area contributed by atoms with Gasteiger partial charge in [-0.05, 0) is 54.3 Å². The molecule has 0 aliphatic rings. The topological polar surface area (TPSA) is 52.6 Å². The number of ketones is 1. The molecule has 0 saturated carbocycles. The standard InChI is InChI=1S/C26H25BrO4/c1-17-14-19(25(29)18-8-6-5-7-9-18)10-12-22(17)31-24(28)16-30-23-13-11-20(27)15-21(23)26(2,3)4/h5-15H,16H2,1-4H3. The summed E-state index contributed by atoms with van der Waals surface area (Å²) < 4.78 is 12.2. The summed E-state index contributed by atoms with van der Waals surface area (Å²) in [6, 6.07) is 19.8. The average Bonchev–Trinajstić information content (AvgIpc) is 2.73. The molecule has 3 aromatic rings. The minimum absolute atomic E-state index is 0.0742. The minimum atomic E-state index is -0.506. The van der Waals surface area contributed by atoms with Crippen molar-refractivity contribution in [2.24, 2.45) is 0 Å². The highest BCUT2D eigenvalue weighted by Crippen LogP contribution is 2.33. The summed E-state index contributed by atoms with van der Waals surface area (Å²) in [6.07, 6.45) is 0. The van der Waals surface area contributed by atoms with Crippen LogP contribution in [0.2, 0.25) is 0 Å². The monoisotopic (exact) mass is 480 g/mol. The van der Waals surface area contributed by atoms with Gasteiger partial charge in [-0.15, -0.1) is 0 Å². The smallest absolute Gasteiger partial charge is 0.349 e. The van der Waals surface area contributed by atoms with Crippen molar-refractivity contribution in [2.75, 3.05) is 6.61 Å². The van der Waals surface area contributed by atoms with Gasteiger partial charge in [0.1, 0.15) is 11.5 Å². The first-order chi connectivity index (χ1) is 14.6. The molecule has 0 heterocycles. The fourth-order valence-electron chi connectivity index (χ4n) is 3.16. The van der Waals surface area contributed by atoms with Crippen LogP contribution in [0.25, 0.3) is 0 Å². The third-order valence-corrected chi connectivity index (χ3v) is 5.29. The van der Waals surface area contributed by atoms with E-state index in [0.29, 0.717) is 28.2 Å². The highest BCUT2D eigenvalue weighted by molar-refractivity contribution is 9.10. The lowest BCUT2D eigenvalue weighted by molar-refractivity contribution is -0.136. The summed E-state index contributed by atoms with van der Waals surface area (Å²) in [7, 11) is 0. The Morgan fingerprint density at radius 3 is 2.19 bits per heavy atom. The van der Waals surface area contributed by atoms with Gasteiger partial charge in [0.15, 0.2) is 12.4 Å². The van der Waals surface area contributed by atoms with Crippen LogP contribution in [0.3, 0.4) is 0 Å². The van der Waals surface area contributed by atoms with Crippen molar-refractivity contribution in [3.8, 4) is 11.5 Å². The predicted octanol–water partition coefficient (Wildman–Crippen LogP) is 6.27. The van der Waals surface area contributed by atoms with E-state index in [9.17, 15) is 9.59 Å². The molecule has 4 nitrogen and oxygen atoms in total. The summed E-state index contributed by atoms with van der Waals surface area (Å²) >= 11 is 3.48. The number of hydrogen-bond donors (Lipinski definition) is 0. The molecule has 0 saturated heterocycles. The Kier molecular flexibility index (Phi) is 6.96. The lowest BCUT2D eigenvalue weighted by Crippen LogP contribution is -2.20. The van der Waals surface area contributed by atoms with Crippen LogP contribution in [0.4, 0.5) is 0 Å². The van der Waals surface area contributed by atoms with Crippen LogP contribution in [-0.2, 0) is 10.2 Å². The van der Waals surface area contributed by atoms with Gasteiger partial charge in [-0.25, -0.2) is 4.79 Å². The first-order valence-electron chi connectivity index (χ1n) is 9.99. The lowest BCUT2D eigenvalue weighted by atomic mass is 9.86. The average molecular weight is 481 g/mol. The Hall–Kier alpha value is -2.92. The molecule has 3 aromatic carbocycles. The molecule has 0 bridgehead atoms. The fraction of sp³-hybridized carbons (Fsp3) is 0.231. The summed E-state index contributed by atoms with van der Waals surface area (Å²) in [5, 5.41) is 0. The van der Waals surface area contributed by atoms with E-state index in [1.54, 1.807) is 37.3 Å². The molecule has 0 aliphatic heterocycles. The molecule has 0 fully saturated rings. The molecule has 160 valence electrons. The van der Waals surface area contributed by atoms with Crippen LogP contribution in [0.1, 0.15) is 47.8 Å². The molecule has 5 heteroatoms. The molecule has 0 unspecified atom stereocenters. The lowest BCUT2D eigenvalue weighted by Gasteiger charge is -2.23. The second kappa shape index (κ2) is 9.48. The number of carbonyl (C=O) groups excluding carboxylic acids is 2. The number of esters is 1. The number of benzene rings is 3. The maximum Gasteiger partial charge on any atom is 0.349 e. The van der Waals surface area contributed by atoms with Crippen LogP contribution in [-0.4, -0.2) is 18.4 Å². The first-order valence-corrected chi connectivity index (χ1v) is 10.8. The number of rotatable bonds is 6. The summed E-state index contributed by atoms with van der Waals surface area (Å²) in [6.45, 7) is 7.84. The molecule has 0 aromatic heterocycles. The van der Waals surface area contributed by atoms with Gasteiger partial charge in [0, 0.05) is 21.2 Å². The van der Waals surface area contributed by atoms with Crippen molar-refractivity contribution in [1.29, 1.82) is 0 Å². The van der Waals surface area contributed by atoms with E-state index in [2.05, 4.69) is 36.7 Å². The molecular formula is C26H25BrO4. The van der Waals surface area contributed by atoms with Crippen LogP contribution in [0, 0.1) is 6.92 Å². The Morgan fingerprint density at radius 2 is 1.55 bits per heavy atom. The molecule has 31 heavy (non-hydrogen) atoms. The maximum atomic E-state index is 12.6. The van der Waals surface area contributed by atoms with Crippen molar-refractivity contribution < 1.29 is 19.1 Å². The van der Waals surface area contributed by atoms with Crippen molar-refractivity contribution in [1.82, 2.24) is 0 Å². The van der Waals surface area contributed by atoms with Gasteiger partial charge in [0.2, 0.25) is 0 Å². The first kappa shape index (κ1) is 22.8. The van der Waals surface area contributed by atoms with Gasteiger partial charge < -0.3 is 9.47 Å². The minimum Gasteiger partial charge on any atom is -0.482 e. The van der Waals surface area contributed by atoms with Crippen molar-refractivity contribution in [3.05, 3.63) is 93.5 Å². The van der Waals surface area contributed by atoms with E-state index >= 15 is 0 Å². The van der Waals surface area contributed by atoms with E-state index in [0.717, 1.165) is 10.0 Å². The number of hydrogen-bond acceptors (Lipinski definition) is 4. The Balaban J connectivity index is 1.67. The van der Waals surface area contributed by atoms with Crippen LogP contribution in [0.15, 0.2) is 71.2 Å². The van der Waals surface area contributed by atoms with Crippen molar-refractivity contribution in [3.63, 3.8) is 0 Å². The van der Waals surface area contributed by atoms with E-state index in [-0.39, 0.29) is 17.8 Å². The summed E-state index contributed by atoms with van der Waals surface area (Å²) in [5.41, 5.74) is 2.72. The zero-order valence-electron chi connectivity index (χ0n) is 18.1.